The first kappa shape index (κ1) is 51.2. The molecule has 2 N–H and O–H groups in total. The fourth-order valence-electron chi connectivity index (χ4n) is 5.71. The van der Waals surface area contributed by atoms with Crippen molar-refractivity contribution in [3.63, 3.8) is 0 Å². The van der Waals surface area contributed by atoms with Crippen LogP contribution < -0.4 is 0 Å². The SMILES string of the molecule is C.C.CCCCCC(=O)c1occc1/C=C/[C@@H](O)[C@@H](O)CCCC(=O)OC.CCCCCC(=O)c1occc1/C=C/[C@H]1OC(C)(C)O[C@H]1CCCC(=O)OC. The van der Waals surface area contributed by atoms with Crippen molar-refractivity contribution >= 4 is 35.7 Å². The number of carbonyl (C=O) groups excluding carboxylic acids is 4. The third-order valence-electron chi connectivity index (χ3n) is 8.67. The van der Waals surface area contributed by atoms with Crippen LogP contribution in [-0.2, 0) is 28.5 Å². The molecule has 4 atom stereocenters. The molecule has 1 saturated heterocycles. The predicted molar refractivity (Wildman–Crippen MR) is 213 cm³/mol. The number of methoxy groups -OCH3 is 2. The molecule has 0 aromatic carbocycles. The number of aliphatic hydroxyl groups is 2. The third kappa shape index (κ3) is 19.0. The maximum absolute atomic E-state index is 12.4. The molecular weight excluding hydrogens is 708 g/mol. The van der Waals surface area contributed by atoms with E-state index in [2.05, 4.69) is 23.3 Å². The van der Waals surface area contributed by atoms with E-state index < -0.39 is 18.0 Å². The lowest BCUT2D eigenvalue weighted by atomic mass is 10.0. The largest absolute Gasteiger partial charge is 0.469 e. The maximum atomic E-state index is 12.4. The van der Waals surface area contributed by atoms with Crippen molar-refractivity contribution < 1.29 is 57.2 Å². The lowest BCUT2D eigenvalue weighted by Crippen LogP contribution is -2.23. The highest BCUT2D eigenvalue weighted by atomic mass is 16.7. The second-order valence-corrected chi connectivity index (χ2v) is 13.5. The van der Waals surface area contributed by atoms with Gasteiger partial charge in [0.05, 0.1) is 45.1 Å². The summed E-state index contributed by atoms with van der Waals surface area (Å²) in [6.07, 6.45) is 16.6. The number of rotatable bonds is 23. The first-order valence-corrected chi connectivity index (χ1v) is 18.8. The Morgan fingerprint density at radius 2 is 1.25 bits per heavy atom. The standard InChI is InChI=1S/C22H32O6.C19H28O6.2CH4/c1-5-6-7-9-17(23)21-16(14-15-26-21)12-13-19-18(27-22(2,3)28-19)10-8-11-20(24)25-4;1-3-4-5-7-17(22)19-14(12-13-25-19)10-11-16(21)15(20)8-6-9-18(23)24-2;;/h12-15,18-19H,5-11H2,1-4H3;10-13,15-16,20-21H,3-9H2,1-2H3;2*1H4/b13-12+;11-10+;;/t18-,19+;15-,16+;;/m00../s1. The van der Waals surface area contributed by atoms with Gasteiger partial charge in [-0.05, 0) is 64.5 Å². The molecule has 1 aliphatic rings. The highest BCUT2D eigenvalue weighted by Crippen LogP contribution is 2.32. The van der Waals surface area contributed by atoms with Gasteiger partial charge in [-0.25, -0.2) is 0 Å². The minimum absolute atomic E-state index is 0. The van der Waals surface area contributed by atoms with Gasteiger partial charge in [-0.2, -0.15) is 0 Å². The van der Waals surface area contributed by atoms with Crippen LogP contribution >= 0.6 is 0 Å². The van der Waals surface area contributed by atoms with E-state index in [-0.39, 0.29) is 69.2 Å². The van der Waals surface area contributed by atoms with Crippen molar-refractivity contribution in [3.8, 4) is 0 Å². The normalized spacial score (nSPS) is 17.1. The van der Waals surface area contributed by atoms with Gasteiger partial charge in [-0.3, -0.25) is 19.2 Å². The third-order valence-corrected chi connectivity index (χ3v) is 8.67. The Labute approximate surface area is 328 Å². The van der Waals surface area contributed by atoms with E-state index in [1.807, 2.05) is 26.0 Å². The zero-order valence-corrected chi connectivity index (χ0v) is 32.3. The molecule has 3 heterocycles. The van der Waals surface area contributed by atoms with Crippen molar-refractivity contribution in [3.05, 3.63) is 59.5 Å². The summed E-state index contributed by atoms with van der Waals surface area (Å²) in [6.45, 7) is 7.92. The van der Waals surface area contributed by atoms with Crippen molar-refractivity contribution in [1.82, 2.24) is 0 Å². The number of hydrogen-bond donors (Lipinski definition) is 2. The number of carbonyl (C=O) groups is 4. The zero-order chi connectivity index (χ0) is 39.2. The highest BCUT2D eigenvalue weighted by molar-refractivity contribution is 5.97. The number of aliphatic hydroxyl groups excluding tert-OH is 2. The summed E-state index contributed by atoms with van der Waals surface area (Å²) in [6, 6.07) is 3.44. The highest BCUT2D eigenvalue weighted by Gasteiger charge is 2.39. The summed E-state index contributed by atoms with van der Waals surface area (Å²) in [5.41, 5.74) is 1.34. The average Bonchev–Trinajstić information content (AvgIpc) is 3.88. The van der Waals surface area contributed by atoms with Gasteiger partial charge >= 0.3 is 11.9 Å². The van der Waals surface area contributed by atoms with Crippen molar-refractivity contribution in [2.75, 3.05) is 14.2 Å². The van der Waals surface area contributed by atoms with Crippen molar-refractivity contribution in [2.24, 2.45) is 0 Å². The van der Waals surface area contributed by atoms with Gasteiger partial charge in [-0.1, -0.05) is 78.7 Å². The van der Waals surface area contributed by atoms with Gasteiger partial charge in [-0.15, -0.1) is 0 Å². The minimum Gasteiger partial charge on any atom is -0.469 e. The quantitative estimate of drug-likeness (QED) is 0.0623. The van der Waals surface area contributed by atoms with Crippen LogP contribution in [-0.4, -0.2) is 78.1 Å². The Bertz CT molecular complexity index is 1450. The summed E-state index contributed by atoms with van der Waals surface area (Å²) in [7, 11) is 2.70. The van der Waals surface area contributed by atoms with E-state index in [0.29, 0.717) is 49.8 Å². The summed E-state index contributed by atoms with van der Waals surface area (Å²) < 4.78 is 31.8. The van der Waals surface area contributed by atoms with Gasteiger partial charge in [0.1, 0.15) is 6.10 Å². The summed E-state index contributed by atoms with van der Waals surface area (Å²) in [5, 5.41) is 19.9. The first-order chi connectivity index (χ1) is 25.3. The van der Waals surface area contributed by atoms with Crippen LogP contribution in [0.2, 0.25) is 0 Å². The Hall–Kier alpha value is -3.84. The smallest absolute Gasteiger partial charge is 0.305 e. The molecule has 55 heavy (non-hydrogen) atoms. The summed E-state index contributed by atoms with van der Waals surface area (Å²) in [5.74, 6) is -0.632. The summed E-state index contributed by atoms with van der Waals surface area (Å²) in [4.78, 5) is 46.8. The van der Waals surface area contributed by atoms with Crippen LogP contribution in [0.4, 0.5) is 0 Å². The molecular formula is C43H68O12. The molecule has 0 spiro atoms. The number of unbranched alkanes of at least 4 members (excludes halogenated alkanes) is 4. The Morgan fingerprint density at radius 1 is 0.745 bits per heavy atom. The molecule has 0 saturated carbocycles. The Balaban J connectivity index is 0.00000103. The number of ether oxygens (including phenoxy) is 4. The van der Waals surface area contributed by atoms with E-state index in [9.17, 15) is 29.4 Å². The minimum atomic E-state index is -1.09. The topological polar surface area (TPSA) is 172 Å². The zero-order valence-electron chi connectivity index (χ0n) is 32.3. The number of esters is 2. The monoisotopic (exact) mass is 776 g/mol. The number of ketones is 2. The van der Waals surface area contributed by atoms with Crippen molar-refractivity contribution in [2.45, 2.75) is 163 Å². The van der Waals surface area contributed by atoms with Crippen LogP contribution in [0.25, 0.3) is 12.2 Å². The average molecular weight is 777 g/mol. The molecule has 312 valence electrons. The number of furan rings is 2. The maximum Gasteiger partial charge on any atom is 0.305 e. The van der Waals surface area contributed by atoms with E-state index in [4.69, 9.17) is 18.3 Å². The van der Waals surface area contributed by atoms with Crippen LogP contribution in [0.3, 0.4) is 0 Å². The second-order valence-electron chi connectivity index (χ2n) is 13.5. The lowest BCUT2D eigenvalue weighted by molar-refractivity contribution is -0.144. The van der Waals surface area contributed by atoms with Crippen LogP contribution in [0.5, 0.6) is 0 Å². The lowest BCUT2D eigenvalue weighted by Gasteiger charge is -2.16. The number of hydrogen-bond acceptors (Lipinski definition) is 12. The summed E-state index contributed by atoms with van der Waals surface area (Å²) >= 11 is 0. The van der Waals surface area contributed by atoms with E-state index >= 15 is 0 Å². The van der Waals surface area contributed by atoms with E-state index in [1.54, 1.807) is 18.2 Å². The van der Waals surface area contributed by atoms with Crippen LogP contribution in [0.1, 0.15) is 165 Å². The molecule has 0 amide bonds. The predicted octanol–water partition coefficient (Wildman–Crippen LogP) is 9.31. The molecule has 2 aromatic rings. The van der Waals surface area contributed by atoms with Gasteiger partial charge in [0.25, 0.3) is 0 Å². The van der Waals surface area contributed by atoms with E-state index in [1.165, 1.54) is 32.8 Å². The van der Waals surface area contributed by atoms with Gasteiger partial charge in [0.2, 0.25) is 0 Å². The fourth-order valence-corrected chi connectivity index (χ4v) is 5.71. The molecule has 1 aliphatic heterocycles. The van der Waals surface area contributed by atoms with Gasteiger partial charge < -0.3 is 38.0 Å². The van der Waals surface area contributed by atoms with Crippen molar-refractivity contribution in [1.29, 1.82) is 0 Å². The Morgan fingerprint density at radius 3 is 1.76 bits per heavy atom. The molecule has 0 aliphatic carbocycles. The molecule has 0 unspecified atom stereocenters. The molecule has 12 nitrogen and oxygen atoms in total. The van der Waals surface area contributed by atoms with E-state index in [0.717, 1.165) is 44.1 Å². The second kappa shape index (κ2) is 27.7. The number of Topliss-reactive ketones (excluding diaryl/α,β-unsaturated/α-hetero) is 2. The van der Waals surface area contributed by atoms with Crippen LogP contribution in [0.15, 0.2) is 45.6 Å². The molecule has 1 fully saturated rings. The molecule has 12 heteroatoms. The first-order valence-electron chi connectivity index (χ1n) is 18.8. The van der Waals surface area contributed by atoms with Gasteiger partial charge in [0, 0.05) is 36.8 Å². The molecule has 0 bridgehead atoms. The van der Waals surface area contributed by atoms with Crippen LogP contribution in [0, 0.1) is 0 Å². The Kier molecular flexibility index (Phi) is 25.8. The fraction of sp³-hybridized carbons (Fsp3) is 0.628. The molecule has 2 aromatic heterocycles. The molecule has 3 rings (SSSR count). The van der Waals surface area contributed by atoms with Gasteiger partial charge in [0.15, 0.2) is 28.9 Å². The molecule has 0 radical (unpaired) electrons.